The van der Waals surface area contributed by atoms with Crippen LogP contribution in [0.25, 0.3) is 0 Å². The van der Waals surface area contributed by atoms with Crippen molar-refractivity contribution in [1.82, 2.24) is 0 Å². The second-order valence-electron chi connectivity index (χ2n) is 2.96. The highest BCUT2D eigenvalue weighted by atomic mass is 19.1. The monoisotopic (exact) mass is 199 g/mol. The van der Waals surface area contributed by atoms with Gasteiger partial charge in [-0.3, -0.25) is 0 Å². The molecule has 0 aliphatic heterocycles. The van der Waals surface area contributed by atoms with E-state index < -0.39 is 23.4 Å². The summed E-state index contributed by atoms with van der Waals surface area (Å²) in [6, 6.07) is 1.54. The lowest BCUT2D eigenvalue weighted by molar-refractivity contribution is 0.394. The number of hydrogen-bond donors (Lipinski definition) is 2. The zero-order valence-electron chi connectivity index (χ0n) is 7.50. The fraction of sp³-hybridized carbons (Fsp3) is 0.200. The third kappa shape index (κ3) is 2.09. The molecule has 0 saturated heterocycles. The van der Waals surface area contributed by atoms with E-state index in [-0.39, 0.29) is 0 Å². The van der Waals surface area contributed by atoms with Gasteiger partial charge in [-0.05, 0) is 24.1 Å². The van der Waals surface area contributed by atoms with Crippen molar-refractivity contribution in [2.75, 3.05) is 0 Å². The molecule has 76 valence electrons. The smallest absolute Gasteiger partial charge is 0.187 e. The van der Waals surface area contributed by atoms with E-state index in [0.717, 1.165) is 12.1 Å². The van der Waals surface area contributed by atoms with Crippen LogP contribution in [0.2, 0.25) is 0 Å². The molecule has 14 heavy (non-hydrogen) atoms. The second kappa shape index (κ2) is 4.19. The van der Waals surface area contributed by atoms with Crippen molar-refractivity contribution >= 4 is 0 Å². The van der Waals surface area contributed by atoms with Gasteiger partial charge in [-0.1, -0.05) is 6.08 Å². The second-order valence-corrected chi connectivity index (χ2v) is 2.96. The molecule has 1 rings (SSSR count). The fourth-order valence-corrected chi connectivity index (χ4v) is 1.11. The van der Waals surface area contributed by atoms with E-state index in [4.69, 9.17) is 10.8 Å². The lowest BCUT2D eigenvalue weighted by atomic mass is 10.0. The van der Waals surface area contributed by atoms with Crippen molar-refractivity contribution in [1.29, 1.82) is 0 Å². The summed E-state index contributed by atoms with van der Waals surface area (Å²) < 4.78 is 25.7. The molecular weight excluding hydrogens is 188 g/mol. The Morgan fingerprint density at radius 1 is 1.43 bits per heavy atom. The molecule has 3 N–H and O–H groups in total. The van der Waals surface area contributed by atoms with E-state index in [1.807, 2.05) is 0 Å². The predicted molar refractivity (Wildman–Crippen MR) is 49.8 cm³/mol. The molecule has 0 aliphatic rings. The molecule has 0 amide bonds. The first-order valence-corrected chi connectivity index (χ1v) is 4.10. The van der Waals surface area contributed by atoms with Crippen LogP contribution in [0.5, 0.6) is 5.75 Å². The van der Waals surface area contributed by atoms with Crippen LogP contribution in [0.1, 0.15) is 18.0 Å². The lowest BCUT2D eigenvalue weighted by Gasteiger charge is -2.10. The van der Waals surface area contributed by atoms with E-state index in [1.165, 1.54) is 0 Å². The van der Waals surface area contributed by atoms with Gasteiger partial charge >= 0.3 is 0 Å². The largest absolute Gasteiger partial charge is 0.503 e. The van der Waals surface area contributed by atoms with E-state index in [9.17, 15) is 8.78 Å². The molecule has 0 heterocycles. The minimum absolute atomic E-state index is 0.303. The summed E-state index contributed by atoms with van der Waals surface area (Å²) in [5, 5.41) is 8.83. The van der Waals surface area contributed by atoms with Gasteiger partial charge in [0.2, 0.25) is 0 Å². The summed E-state index contributed by atoms with van der Waals surface area (Å²) >= 11 is 0. The van der Waals surface area contributed by atoms with Crippen LogP contribution < -0.4 is 5.73 Å². The third-order valence-electron chi connectivity index (χ3n) is 1.89. The first-order chi connectivity index (χ1) is 6.56. The SMILES string of the molecule is C=CC[C@@H](N)c1cc(F)c(O)c(F)c1. The first kappa shape index (κ1) is 10.7. The molecular formula is C10H11F2NO. The molecule has 0 fully saturated rings. The molecule has 2 nitrogen and oxygen atoms in total. The molecule has 0 saturated carbocycles. The Balaban J connectivity index is 3.05. The standard InChI is InChI=1S/C10H11F2NO/c1-2-3-9(13)6-4-7(11)10(14)8(12)5-6/h2,4-5,9,14H,1,3,13H2/t9-/m1/s1. The summed E-state index contributed by atoms with van der Waals surface area (Å²) in [4.78, 5) is 0. The molecule has 1 aromatic carbocycles. The molecule has 0 spiro atoms. The molecule has 0 unspecified atom stereocenters. The van der Waals surface area contributed by atoms with Gasteiger partial charge in [-0.15, -0.1) is 6.58 Å². The zero-order valence-corrected chi connectivity index (χ0v) is 7.50. The molecule has 1 aromatic rings. The number of aromatic hydroxyl groups is 1. The van der Waals surface area contributed by atoms with Gasteiger partial charge in [0, 0.05) is 6.04 Å². The van der Waals surface area contributed by atoms with Gasteiger partial charge in [-0.25, -0.2) is 8.78 Å². The minimum Gasteiger partial charge on any atom is -0.503 e. The third-order valence-corrected chi connectivity index (χ3v) is 1.89. The summed E-state index contributed by atoms with van der Waals surface area (Å²) in [7, 11) is 0. The van der Waals surface area contributed by atoms with Crippen LogP contribution in [0, 0.1) is 11.6 Å². The van der Waals surface area contributed by atoms with Crippen LogP contribution in [0.4, 0.5) is 8.78 Å². The van der Waals surface area contributed by atoms with Crippen molar-refractivity contribution < 1.29 is 13.9 Å². The van der Waals surface area contributed by atoms with Crippen LogP contribution >= 0.6 is 0 Å². The molecule has 4 heteroatoms. The minimum atomic E-state index is -1.00. The van der Waals surface area contributed by atoms with Crippen molar-refractivity contribution in [3.8, 4) is 5.75 Å². The van der Waals surface area contributed by atoms with Gasteiger partial charge < -0.3 is 10.8 Å². The number of phenolic OH excluding ortho intramolecular Hbond substituents is 1. The Bertz CT molecular complexity index is 329. The summed E-state index contributed by atoms with van der Waals surface area (Å²) in [5.41, 5.74) is 5.91. The Kier molecular flexibility index (Phi) is 3.19. The van der Waals surface area contributed by atoms with E-state index in [0.29, 0.717) is 12.0 Å². The Morgan fingerprint density at radius 3 is 2.36 bits per heavy atom. The lowest BCUT2D eigenvalue weighted by Crippen LogP contribution is -2.09. The van der Waals surface area contributed by atoms with E-state index in [1.54, 1.807) is 6.08 Å². The first-order valence-electron chi connectivity index (χ1n) is 4.10. The number of phenols is 1. The number of hydrogen-bond acceptors (Lipinski definition) is 2. The van der Waals surface area contributed by atoms with Crippen molar-refractivity contribution in [3.05, 3.63) is 42.0 Å². The average molecular weight is 199 g/mol. The summed E-state index contributed by atoms with van der Waals surface area (Å²) in [5.74, 6) is -2.97. The normalized spacial score (nSPS) is 12.5. The molecule has 1 atom stereocenters. The predicted octanol–water partition coefficient (Wildman–Crippen LogP) is 2.25. The molecule has 0 radical (unpaired) electrons. The fourth-order valence-electron chi connectivity index (χ4n) is 1.11. The maximum absolute atomic E-state index is 12.9. The topological polar surface area (TPSA) is 46.2 Å². The van der Waals surface area contributed by atoms with Crippen LogP contribution in [0.3, 0.4) is 0 Å². The average Bonchev–Trinajstić information content (AvgIpc) is 2.13. The van der Waals surface area contributed by atoms with Crippen molar-refractivity contribution in [2.45, 2.75) is 12.5 Å². The van der Waals surface area contributed by atoms with Crippen LogP contribution in [-0.2, 0) is 0 Å². The maximum atomic E-state index is 12.9. The maximum Gasteiger partial charge on any atom is 0.187 e. The molecule has 0 aliphatic carbocycles. The molecule has 0 bridgehead atoms. The van der Waals surface area contributed by atoms with E-state index >= 15 is 0 Å². The van der Waals surface area contributed by atoms with Gasteiger partial charge in [0.05, 0.1) is 0 Å². The van der Waals surface area contributed by atoms with Crippen molar-refractivity contribution in [3.63, 3.8) is 0 Å². The number of rotatable bonds is 3. The summed E-state index contributed by atoms with van der Waals surface area (Å²) in [6.07, 6.45) is 1.98. The van der Waals surface area contributed by atoms with E-state index in [2.05, 4.69) is 6.58 Å². The van der Waals surface area contributed by atoms with Gasteiger partial charge in [-0.2, -0.15) is 0 Å². The van der Waals surface area contributed by atoms with Crippen molar-refractivity contribution in [2.24, 2.45) is 5.73 Å². The highest BCUT2D eigenvalue weighted by molar-refractivity contribution is 5.31. The quantitative estimate of drug-likeness (QED) is 0.733. The summed E-state index contributed by atoms with van der Waals surface area (Å²) in [6.45, 7) is 3.47. The highest BCUT2D eigenvalue weighted by Crippen LogP contribution is 2.25. The number of benzene rings is 1. The number of nitrogens with two attached hydrogens (primary N) is 1. The van der Waals surface area contributed by atoms with Gasteiger partial charge in [0.25, 0.3) is 0 Å². The molecule has 0 aromatic heterocycles. The Labute approximate surface area is 80.7 Å². The van der Waals surface area contributed by atoms with Crippen LogP contribution in [0.15, 0.2) is 24.8 Å². The Hall–Kier alpha value is -1.42. The Morgan fingerprint density at radius 2 is 1.93 bits per heavy atom. The van der Waals surface area contributed by atoms with Crippen LogP contribution in [-0.4, -0.2) is 5.11 Å². The zero-order chi connectivity index (χ0) is 10.7. The van der Waals surface area contributed by atoms with Gasteiger partial charge in [0.1, 0.15) is 0 Å². The number of halogens is 2. The van der Waals surface area contributed by atoms with Gasteiger partial charge in [0.15, 0.2) is 17.4 Å². The highest BCUT2D eigenvalue weighted by Gasteiger charge is 2.12.